The number of nitriles is 1. The highest BCUT2D eigenvalue weighted by atomic mass is 19.4. The number of hydrogen-bond acceptors (Lipinski definition) is 3. The zero-order valence-corrected chi connectivity index (χ0v) is 12.0. The molecular formula is C14H16F3N3O. The third kappa shape index (κ3) is 3.88. The van der Waals surface area contributed by atoms with E-state index in [1.807, 2.05) is 6.07 Å². The fourth-order valence-corrected chi connectivity index (χ4v) is 1.80. The van der Waals surface area contributed by atoms with Crippen molar-refractivity contribution < 1.29 is 18.0 Å². The summed E-state index contributed by atoms with van der Waals surface area (Å²) < 4.78 is 38.9. The number of amides is 1. The van der Waals surface area contributed by atoms with Gasteiger partial charge in [-0.1, -0.05) is 0 Å². The van der Waals surface area contributed by atoms with Crippen molar-refractivity contribution in [1.29, 1.82) is 5.26 Å². The molecule has 1 unspecified atom stereocenters. The van der Waals surface area contributed by atoms with Gasteiger partial charge in [0.2, 0.25) is 0 Å². The first kappa shape index (κ1) is 16.8. The Morgan fingerprint density at radius 1 is 1.48 bits per heavy atom. The number of rotatable bonds is 4. The average molecular weight is 299 g/mol. The van der Waals surface area contributed by atoms with E-state index in [9.17, 15) is 18.0 Å². The maximum absolute atomic E-state index is 13.0. The minimum Gasteiger partial charge on any atom is -0.388 e. The average Bonchev–Trinajstić information content (AvgIpc) is 2.44. The molecule has 1 atom stereocenters. The van der Waals surface area contributed by atoms with Gasteiger partial charge in [0.05, 0.1) is 18.1 Å². The molecule has 21 heavy (non-hydrogen) atoms. The summed E-state index contributed by atoms with van der Waals surface area (Å²) >= 11 is 0. The van der Waals surface area contributed by atoms with E-state index in [2.05, 4.69) is 5.32 Å². The molecule has 0 aliphatic carbocycles. The van der Waals surface area contributed by atoms with E-state index in [0.717, 1.165) is 6.07 Å². The minimum absolute atomic E-state index is 0.0615. The molecular weight excluding hydrogens is 283 g/mol. The van der Waals surface area contributed by atoms with E-state index < -0.39 is 17.6 Å². The Balaban J connectivity index is 3.15. The fourth-order valence-electron chi connectivity index (χ4n) is 1.80. The van der Waals surface area contributed by atoms with Crippen LogP contribution in [0.25, 0.3) is 0 Å². The lowest BCUT2D eigenvalue weighted by Gasteiger charge is -2.23. The quantitative estimate of drug-likeness (QED) is 0.929. The van der Waals surface area contributed by atoms with Gasteiger partial charge in [-0.3, -0.25) is 4.79 Å². The second-order valence-corrected chi connectivity index (χ2v) is 4.64. The van der Waals surface area contributed by atoms with Crippen LogP contribution in [-0.2, 0) is 6.18 Å². The zero-order chi connectivity index (χ0) is 16.2. The Morgan fingerprint density at radius 2 is 2.10 bits per heavy atom. The van der Waals surface area contributed by atoms with Gasteiger partial charge >= 0.3 is 6.18 Å². The van der Waals surface area contributed by atoms with Crippen LogP contribution in [0.1, 0.15) is 29.3 Å². The van der Waals surface area contributed by atoms with E-state index in [4.69, 9.17) is 5.26 Å². The number of carbonyl (C=O) groups is 1. The predicted molar refractivity (Wildman–Crippen MR) is 72.8 cm³/mol. The molecule has 0 spiro atoms. The van der Waals surface area contributed by atoms with E-state index in [1.165, 1.54) is 31.1 Å². The summed E-state index contributed by atoms with van der Waals surface area (Å²) in [4.78, 5) is 13.4. The molecule has 0 fully saturated rings. The molecule has 0 saturated heterocycles. The summed E-state index contributed by atoms with van der Waals surface area (Å²) in [5.41, 5.74) is -1.04. The molecule has 0 heterocycles. The standard InChI is InChI=1S/C14H16F3N3O/c1-9(6-7-18)20(3)13(21)10-4-5-12(19-2)11(8-10)14(15,16)17/h4-5,8-9,19H,6H2,1-3H3. The van der Waals surface area contributed by atoms with Crippen LogP contribution in [0.3, 0.4) is 0 Å². The molecule has 1 aromatic carbocycles. The molecule has 1 aromatic rings. The lowest BCUT2D eigenvalue weighted by molar-refractivity contribution is -0.136. The van der Waals surface area contributed by atoms with Crippen LogP contribution in [-0.4, -0.2) is 30.9 Å². The van der Waals surface area contributed by atoms with Gasteiger partial charge in [-0.15, -0.1) is 0 Å². The van der Waals surface area contributed by atoms with Gasteiger partial charge in [0.1, 0.15) is 0 Å². The van der Waals surface area contributed by atoms with E-state index in [0.29, 0.717) is 0 Å². The van der Waals surface area contributed by atoms with Crippen molar-refractivity contribution in [2.24, 2.45) is 0 Å². The Hall–Kier alpha value is -2.23. The summed E-state index contributed by atoms with van der Waals surface area (Å²) in [7, 11) is 2.84. The lowest BCUT2D eigenvalue weighted by Crippen LogP contribution is -2.35. The van der Waals surface area contributed by atoms with Gasteiger partial charge in [-0.25, -0.2) is 0 Å². The van der Waals surface area contributed by atoms with Crippen molar-refractivity contribution >= 4 is 11.6 Å². The first-order valence-electron chi connectivity index (χ1n) is 6.25. The van der Waals surface area contributed by atoms with Crippen molar-refractivity contribution in [3.05, 3.63) is 29.3 Å². The number of benzene rings is 1. The zero-order valence-electron chi connectivity index (χ0n) is 12.0. The van der Waals surface area contributed by atoms with Gasteiger partial charge in [-0.05, 0) is 25.1 Å². The van der Waals surface area contributed by atoms with Gasteiger partial charge < -0.3 is 10.2 Å². The third-order valence-corrected chi connectivity index (χ3v) is 3.21. The molecule has 0 aliphatic heterocycles. The van der Waals surface area contributed by atoms with Crippen LogP contribution in [0.15, 0.2) is 18.2 Å². The SMILES string of the molecule is CNc1ccc(C(=O)N(C)C(C)CC#N)cc1C(F)(F)F. The van der Waals surface area contributed by atoms with Crippen LogP contribution in [0, 0.1) is 11.3 Å². The fraction of sp³-hybridized carbons (Fsp3) is 0.429. The van der Waals surface area contributed by atoms with Crippen LogP contribution in [0.4, 0.5) is 18.9 Å². The number of alkyl halides is 3. The highest BCUT2D eigenvalue weighted by Crippen LogP contribution is 2.35. The third-order valence-electron chi connectivity index (χ3n) is 3.21. The first-order valence-corrected chi connectivity index (χ1v) is 6.25. The number of halogens is 3. The molecule has 0 saturated carbocycles. The number of carbonyl (C=O) groups excluding carboxylic acids is 1. The summed E-state index contributed by atoms with van der Waals surface area (Å²) in [6, 6.07) is 4.93. The number of hydrogen-bond donors (Lipinski definition) is 1. The van der Waals surface area contributed by atoms with E-state index >= 15 is 0 Å². The Kier molecular flexibility index (Phi) is 5.19. The highest BCUT2D eigenvalue weighted by molar-refractivity contribution is 5.95. The van der Waals surface area contributed by atoms with Crippen molar-refractivity contribution in [3.8, 4) is 6.07 Å². The van der Waals surface area contributed by atoms with Crippen molar-refractivity contribution in [2.45, 2.75) is 25.6 Å². The monoisotopic (exact) mass is 299 g/mol. The molecule has 1 N–H and O–H groups in total. The Bertz CT molecular complexity index is 564. The summed E-state index contributed by atoms with van der Waals surface area (Å²) in [6.45, 7) is 1.66. The largest absolute Gasteiger partial charge is 0.418 e. The number of anilines is 1. The van der Waals surface area contributed by atoms with Crippen LogP contribution < -0.4 is 5.32 Å². The lowest BCUT2D eigenvalue weighted by atomic mass is 10.1. The maximum Gasteiger partial charge on any atom is 0.418 e. The summed E-state index contributed by atoms with van der Waals surface area (Å²) in [5.74, 6) is -0.550. The topological polar surface area (TPSA) is 56.1 Å². The van der Waals surface area contributed by atoms with Crippen molar-refractivity contribution in [3.63, 3.8) is 0 Å². The van der Waals surface area contributed by atoms with Gasteiger partial charge in [0.15, 0.2) is 0 Å². The second kappa shape index (κ2) is 6.48. The molecule has 4 nitrogen and oxygen atoms in total. The predicted octanol–water partition coefficient (Wildman–Crippen LogP) is 3.12. The number of nitrogens with one attached hydrogen (secondary N) is 1. The van der Waals surface area contributed by atoms with Gasteiger partial charge in [0.25, 0.3) is 5.91 Å². The first-order chi connectivity index (χ1) is 9.72. The molecule has 0 radical (unpaired) electrons. The molecule has 0 aliphatic rings. The van der Waals surface area contributed by atoms with E-state index in [1.54, 1.807) is 6.92 Å². The minimum atomic E-state index is -4.55. The van der Waals surface area contributed by atoms with Crippen LogP contribution in [0.5, 0.6) is 0 Å². The Morgan fingerprint density at radius 3 is 2.57 bits per heavy atom. The molecule has 1 rings (SSSR count). The van der Waals surface area contributed by atoms with Crippen molar-refractivity contribution in [2.75, 3.05) is 19.4 Å². The Labute approximate surface area is 121 Å². The van der Waals surface area contributed by atoms with Crippen LogP contribution >= 0.6 is 0 Å². The molecule has 0 bridgehead atoms. The second-order valence-electron chi connectivity index (χ2n) is 4.64. The van der Waals surface area contributed by atoms with Crippen molar-refractivity contribution in [1.82, 2.24) is 4.90 Å². The van der Waals surface area contributed by atoms with Gasteiger partial charge in [-0.2, -0.15) is 18.4 Å². The van der Waals surface area contributed by atoms with E-state index in [-0.39, 0.29) is 23.7 Å². The number of nitrogens with zero attached hydrogens (tertiary/aromatic N) is 2. The molecule has 0 aromatic heterocycles. The molecule has 7 heteroatoms. The van der Waals surface area contributed by atoms with Crippen LogP contribution in [0.2, 0.25) is 0 Å². The summed E-state index contributed by atoms with van der Waals surface area (Å²) in [6.07, 6.45) is -4.44. The maximum atomic E-state index is 13.0. The smallest absolute Gasteiger partial charge is 0.388 e. The highest BCUT2D eigenvalue weighted by Gasteiger charge is 2.34. The normalized spacial score (nSPS) is 12.4. The summed E-state index contributed by atoms with van der Waals surface area (Å²) in [5, 5.41) is 11.1. The van der Waals surface area contributed by atoms with Gasteiger partial charge in [0, 0.05) is 31.4 Å². The molecule has 114 valence electrons. The molecule has 1 amide bonds.